The molecule has 88 heavy (non-hydrogen) atoms. The Kier molecular flexibility index (Phi) is 35.0. The Morgan fingerprint density at radius 3 is 1.70 bits per heavy atom. The summed E-state index contributed by atoms with van der Waals surface area (Å²) in [6.45, 7) is 6.51. The van der Waals surface area contributed by atoms with Crippen LogP contribution in [0.4, 0.5) is 0 Å². The lowest BCUT2D eigenvalue weighted by molar-refractivity contribution is -0.142. The van der Waals surface area contributed by atoms with Crippen LogP contribution in [0.25, 0.3) is 0 Å². The van der Waals surface area contributed by atoms with Gasteiger partial charge in [-0.2, -0.15) is 11.8 Å². The Labute approximate surface area is 518 Å². The number of aliphatic hydroxyl groups is 2. The van der Waals surface area contributed by atoms with Gasteiger partial charge in [0, 0.05) is 56.7 Å². The molecule has 7 amide bonds. The number of rotatable bonds is 44. The summed E-state index contributed by atoms with van der Waals surface area (Å²) in [7, 11) is 0. The number of aromatic hydroxyl groups is 1. The first-order valence-corrected chi connectivity index (χ1v) is 31.2. The van der Waals surface area contributed by atoms with E-state index in [-0.39, 0.29) is 100 Å². The third-order valence-electron chi connectivity index (χ3n) is 15.0. The van der Waals surface area contributed by atoms with E-state index in [1.54, 1.807) is 13.2 Å². The molecule has 2 rings (SSSR count). The normalized spacial score (nSPS) is 16.4. The molecular formula is C58H96N14O15S. The van der Waals surface area contributed by atoms with Gasteiger partial charge in [-0.05, 0) is 120 Å². The Morgan fingerprint density at radius 1 is 0.648 bits per heavy atom. The predicted octanol–water partition coefficient (Wildman–Crippen LogP) is -1.92. The third kappa shape index (κ3) is 28.2. The van der Waals surface area contributed by atoms with Crippen LogP contribution in [0.2, 0.25) is 0 Å². The van der Waals surface area contributed by atoms with Crippen molar-refractivity contribution < 1.29 is 73.2 Å². The number of hydrogen-bond acceptors (Lipinski definition) is 18. The van der Waals surface area contributed by atoms with Crippen molar-refractivity contribution in [3.05, 3.63) is 29.8 Å². The number of ketones is 3. The number of amides is 7. The zero-order valence-corrected chi connectivity index (χ0v) is 52.1. The SMILES string of the molecule is CSCC[C@H](NC(=O)[C@H](CO)NC(=O)[C@@H]1CCCN1C(=O)[C@@H](C)CCCN=C(N)N)C(=O)C[C@H](C(=O)N[C@@H](CC(=O)O)C(=O)C[C@@H](CCCCN)C(=O)N[C@@H](Cc1ccc(O)cc1)C(=O)C[C@@H](CCCN=C(N)N)C(=O)N[C@@H](CC(C)C)C(N)=O)[C@@H](C)O. The van der Waals surface area contributed by atoms with Crippen LogP contribution in [0, 0.1) is 29.6 Å². The second kappa shape index (κ2) is 40.2. The minimum Gasteiger partial charge on any atom is -0.508 e. The molecule has 1 aliphatic heterocycles. The molecule has 30 heteroatoms. The van der Waals surface area contributed by atoms with Crippen LogP contribution < -0.4 is 61.0 Å². The van der Waals surface area contributed by atoms with Gasteiger partial charge in [-0.15, -0.1) is 0 Å². The Balaban J connectivity index is 2.42. The minimum atomic E-state index is -1.83. The Bertz CT molecular complexity index is 2550. The summed E-state index contributed by atoms with van der Waals surface area (Å²) < 4.78 is 0. The van der Waals surface area contributed by atoms with E-state index in [2.05, 4.69) is 36.6 Å². The Morgan fingerprint density at radius 2 is 1.18 bits per heavy atom. The lowest BCUT2D eigenvalue weighted by atomic mass is 9.88. The van der Waals surface area contributed by atoms with Crippen LogP contribution in [0.5, 0.6) is 5.75 Å². The van der Waals surface area contributed by atoms with Gasteiger partial charge in [-0.1, -0.05) is 39.3 Å². The maximum absolute atomic E-state index is 14.5. The van der Waals surface area contributed by atoms with Crippen molar-refractivity contribution in [3.8, 4) is 5.75 Å². The second-order valence-electron chi connectivity index (χ2n) is 22.8. The van der Waals surface area contributed by atoms with E-state index in [9.17, 15) is 73.2 Å². The van der Waals surface area contributed by atoms with Crippen molar-refractivity contribution in [2.45, 2.75) is 173 Å². The lowest BCUT2D eigenvalue weighted by Crippen LogP contribution is -2.57. The van der Waals surface area contributed by atoms with E-state index in [0.29, 0.717) is 43.5 Å². The van der Waals surface area contributed by atoms with Gasteiger partial charge in [-0.25, -0.2) is 0 Å². The highest BCUT2D eigenvalue weighted by atomic mass is 32.2. The summed E-state index contributed by atoms with van der Waals surface area (Å²) in [6.07, 6.45) is -0.125. The zero-order chi connectivity index (χ0) is 66.2. The number of carboxylic acids is 1. The van der Waals surface area contributed by atoms with E-state index < -0.39 is 157 Å². The molecule has 0 aromatic heterocycles. The molecular weight excluding hydrogens is 1160 g/mol. The van der Waals surface area contributed by atoms with Crippen molar-refractivity contribution in [1.82, 2.24) is 31.5 Å². The number of Topliss-reactive ketones (excluding diaryl/α,β-unsaturated/α-hetero) is 3. The summed E-state index contributed by atoms with van der Waals surface area (Å²) in [5.74, 6) is -13.9. The van der Waals surface area contributed by atoms with Gasteiger partial charge in [0.2, 0.25) is 41.4 Å². The van der Waals surface area contributed by atoms with Crippen LogP contribution in [0.15, 0.2) is 34.3 Å². The molecule has 1 aromatic carbocycles. The minimum absolute atomic E-state index is 0.0144. The largest absolute Gasteiger partial charge is 0.508 e. The molecule has 21 N–H and O–H groups in total. The number of carbonyl (C=O) groups excluding carboxylic acids is 10. The molecule has 0 saturated carbocycles. The molecule has 0 aliphatic carbocycles. The summed E-state index contributed by atoms with van der Waals surface area (Å²) in [5, 5.41) is 54.1. The molecule has 1 saturated heterocycles. The number of guanidine groups is 2. The molecule has 0 spiro atoms. The molecule has 0 unspecified atom stereocenters. The Hall–Kier alpha value is -7.44. The second-order valence-corrected chi connectivity index (χ2v) is 23.8. The van der Waals surface area contributed by atoms with E-state index in [1.807, 2.05) is 13.8 Å². The number of carbonyl (C=O) groups is 11. The summed E-state index contributed by atoms with van der Waals surface area (Å²) in [6, 6.07) is -2.41. The topological polar surface area (TPSA) is 513 Å². The number of thioether (sulfide) groups is 1. The van der Waals surface area contributed by atoms with Gasteiger partial charge in [0.1, 0.15) is 23.9 Å². The van der Waals surface area contributed by atoms with Gasteiger partial charge in [-0.3, -0.25) is 62.7 Å². The highest BCUT2D eigenvalue weighted by Gasteiger charge is 2.40. The molecule has 11 atom stereocenters. The van der Waals surface area contributed by atoms with Crippen molar-refractivity contribution in [2.24, 2.45) is 74.0 Å². The van der Waals surface area contributed by atoms with Crippen LogP contribution >= 0.6 is 11.8 Å². The average molecular weight is 1260 g/mol. The van der Waals surface area contributed by atoms with Crippen LogP contribution in [0.1, 0.15) is 130 Å². The van der Waals surface area contributed by atoms with Crippen LogP contribution in [0.3, 0.4) is 0 Å². The zero-order valence-electron chi connectivity index (χ0n) is 51.3. The number of aliphatic hydroxyl groups excluding tert-OH is 2. The number of carboxylic acid groups (broad SMARTS) is 1. The van der Waals surface area contributed by atoms with Crippen molar-refractivity contribution >= 4 is 88.4 Å². The van der Waals surface area contributed by atoms with Gasteiger partial charge in [0.05, 0.1) is 43.2 Å². The number of nitrogens with one attached hydrogen (secondary N) is 5. The number of nitrogens with zero attached hydrogens (tertiary/aromatic N) is 3. The highest BCUT2D eigenvalue weighted by Crippen LogP contribution is 2.24. The number of likely N-dealkylation sites (tertiary alicyclic amines) is 1. The number of nitrogens with two attached hydrogens (primary N) is 6. The molecule has 494 valence electrons. The van der Waals surface area contributed by atoms with Crippen LogP contribution in [-0.2, 0) is 59.2 Å². The lowest BCUT2D eigenvalue weighted by Gasteiger charge is -2.29. The first-order chi connectivity index (χ1) is 41.5. The van der Waals surface area contributed by atoms with Crippen LogP contribution in [-0.4, -0.2) is 189 Å². The highest BCUT2D eigenvalue weighted by molar-refractivity contribution is 7.98. The fourth-order valence-electron chi connectivity index (χ4n) is 10.1. The number of primary amides is 1. The number of hydrogen-bond donors (Lipinski definition) is 15. The third-order valence-corrected chi connectivity index (χ3v) is 15.6. The number of phenolic OH excluding ortho intramolecular Hbond substituents is 1. The summed E-state index contributed by atoms with van der Waals surface area (Å²) in [5.41, 5.74) is 33.7. The smallest absolute Gasteiger partial charge is 0.305 e. The number of aliphatic imine (C=N–C) groups is 2. The molecule has 1 aromatic rings. The maximum Gasteiger partial charge on any atom is 0.305 e. The number of benzene rings is 1. The monoisotopic (exact) mass is 1260 g/mol. The van der Waals surface area contributed by atoms with E-state index in [4.69, 9.17) is 34.4 Å². The molecule has 0 radical (unpaired) electrons. The number of phenols is 1. The number of aliphatic carboxylic acids is 1. The maximum atomic E-state index is 14.5. The summed E-state index contributed by atoms with van der Waals surface area (Å²) in [4.78, 5) is 160. The fraction of sp³-hybridized carbons (Fsp3) is 0.672. The van der Waals surface area contributed by atoms with Crippen molar-refractivity contribution in [2.75, 3.05) is 44.8 Å². The fourth-order valence-corrected chi connectivity index (χ4v) is 10.5. The van der Waals surface area contributed by atoms with Gasteiger partial charge >= 0.3 is 5.97 Å². The van der Waals surface area contributed by atoms with E-state index in [0.717, 1.165) is 0 Å². The average Bonchev–Trinajstić information content (AvgIpc) is 3.44. The van der Waals surface area contributed by atoms with Gasteiger partial charge in [0.15, 0.2) is 29.3 Å². The van der Waals surface area contributed by atoms with Gasteiger partial charge < -0.3 is 86.3 Å². The molecule has 1 heterocycles. The first-order valence-electron chi connectivity index (χ1n) is 29.8. The predicted molar refractivity (Wildman–Crippen MR) is 330 cm³/mol. The number of unbranched alkanes of at least 4 members (excludes halogenated alkanes) is 1. The summed E-state index contributed by atoms with van der Waals surface area (Å²) >= 11 is 1.31. The van der Waals surface area contributed by atoms with Gasteiger partial charge in [0.25, 0.3) is 0 Å². The van der Waals surface area contributed by atoms with E-state index >= 15 is 0 Å². The molecule has 1 aliphatic rings. The molecule has 29 nitrogen and oxygen atoms in total. The molecule has 0 bridgehead atoms. The van der Waals surface area contributed by atoms with E-state index in [1.165, 1.54) is 47.9 Å². The molecule has 1 fully saturated rings. The van der Waals surface area contributed by atoms with Crippen molar-refractivity contribution in [3.63, 3.8) is 0 Å². The quantitative estimate of drug-likeness (QED) is 0.0192. The van der Waals surface area contributed by atoms with Crippen molar-refractivity contribution in [1.29, 1.82) is 0 Å². The first kappa shape index (κ1) is 76.7. The standard InChI is InChI=1S/C58H96N14O15S/c1-32(2)25-43(50(60)81)70-52(83)37(13-9-22-66-58(63)64)28-46(76)41(26-35-15-17-38(75)18-16-35)68-51(82)36(12-6-7-20-59)27-47(77)42(30-49(79)80)69-53(84)39(34(4)74)29-48(78)40(19-24-88-5)67-54(85)44(31-73)71-55(86)45-14-10-23-72(45)56(87)33(3)11-8-21-65-57(61)62/h15-18,32-34,36-37,39-45,73-75H,6-14,19-31,59H2,1-5H3,(H2,60,81)(H,67,85)(H,68,82)(H,69,84)(H,70,83)(H,71,86)(H,79,80)(H4,61,62,65)(H4,63,64,66)/t33-,34+,36+,37+,39-,40-,41-,42-,43-,44-,45-/m0/s1.